The van der Waals surface area contributed by atoms with Crippen LogP contribution < -0.4 is 0 Å². The number of carbonyl (C=O) groups excluding carboxylic acids is 1. The van der Waals surface area contributed by atoms with Crippen molar-refractivity contribution in [2.75, 3.05) is 20.3 Å². The summed E-state index contributed by atoms with van der Waals surface area (Å²) < 4.78 is 7.45. The Morgan fingerprint density at radius 3 is 2.96 bits per heavy atom. The lowest BCUT2D eigenvalue weighted by Crippen LogP contribution is -2.41. The third-order valence-corrected chi connectivity index (χ3v) is 4.92. The van der Waals surface area contributed by atoms with E-state index in [9.17, 15) is 4.79 Å². The molecule has 1 saturated carbocycles. The van der Waals surface area contributed by atoms with Crippen molar-refractivity contribution < 1.29 is 9.53 Å². The first-order valence-electron chi connectivity index (χ1n) is 8.83. The van der Waals surface area contributed by atoms with Gasteiger partial charge in [0.2, 0.25) is 5.91 Å². The average Bonchev–Trinajstić information content (AvgIpc) is 3.34. The smallest absolute Gasteiger partial charge is 0.228 e. The summed E-state index contributed by atoms with van der Waals surface area (Å²) >= 11 is 0. The highest BCUT2D eigenvalue weighted by atomic mass is 16.5. The van der Waals surface area contributed by atoms with Crippen LogP contribution in [-0.4, -0.2) is 51.0 Å². The van der Waals surface area contributed by atoms with E-state index in [-0.39, 0.29) is 11.8 Å². The summed E-state index contributed by atoms with van der Waals surface area (Å²) in [5, 5.41) is 8.71. The lowest BCUT2D eigenvalue weighted by atomic mass is 9.98. The van der Waals surface area contributed by atoms with E-state index in [0.717, 1.165) is 29.5 Å². The van der Waals surface area contributed by atoms with Gasteiger partial charge in [0.05, 0.1) is 25.3 Å². The maximum Gasteiger partial charge on any atom is 0.228 e. The summed E-state index contributed by atoms with van der Waals surface area (Å²) in [6, 6.07) is 5.64. The highest BCUT2D eigenvalue weighted by Gasteiger charge is 2.34. The van der Waals surface area contributed by atoms with Crippen LogP contribution in [0.25, 0.3) is 0 Å². The van der Waals surface area contributed by atoms with Gasteiger partial charge in [-0.25, -0.2) is 4.68 Å². The maximum atomic E-state index is 12.7. The summed E-state index contributed by atoms with van der Waals surface area (Å²) in [4.78, 5) is 18.8. The van der Waals surface area contributed by atoms with Crippen molar-refractivity contribution in [1.29, 1.82) is 0 Å². The molecule has 25 heavy (non-hydrogen) atoms. The second-order valence-electron chi connectivity index (χ2n) is 6.97. The van der Waals surface area contributed by atoms with E-state index in [4.69, 9.17) is 4.74 Å². The Balaban J connectivity index is 1.52. The van der Waals surface area contributed by atoms with E-state index in [1.165, 1.54) is 12.8 Å². The molecular weight excluding hydrogens is 318 g/mol. The van der Waals surface area contributed by atoms with Gasteiger partial charge >= 0.3 is 0 Å². The first-order chi connectivity index (χ1) is 12.2. The number of pyridine rings is 1. The molecule has 0 N–H and O–H groups in total. The predicted octanol–water partition coefficient (Wildman–Crippen LogP) is 1.40. The molecule has 0 radical (unpaired) electrons. The molecule has 0 aromatic carbocycles. The minimum atomic E-state index is 0.0715. The van der Waals surface area contributed by atoms with Gasteiger partial charge in [0.25, 0.3) is 0 Å². The highest BCUT2D eigenvalue weighted by Crippen LogP contribution is 2.33. The van der Waals surface area contributed by atoms with E-state index in [1.54, 1.807) is 13.3 Å². The summed E-state index contributed by atoms with van der Waals surface area (Å²) in [5.74, 6) is 0.926. The largest absolute Gasteiger partial charge is 0.384 e. The van der Waals surface area contributed by atoms with Gasteiger partial charge in [0.15, 0.2) is 0 Å². The molecule has 1 atom stereocenters. The molecule has 0 bridgehead atoms. The van der Waals surface area contributed by atoms with Crippen molar-refractivity contribution in [2.24, 2.45) is 5.92 Å². The number of amides is 1. The zero-order valence-electron chi connectivity index (χ0n) is 14.5. The van der Waals surface area contributed by atoms with E-state index in [2.05, 4.69) is 15.3 Å². The van der Waals surface area contributed by atoms with E-state index in [0.29, 0.717) is 26.1 Å². The van der Waals surface area contributed by atoms with E-state index in [1.807, 2.05) is 27.8 Å². The molecule has 7 nitrogen and oxygen atoms in total. The van der Waals surface area contributed by atoms with Gasteiger partial charge in [0.1, 0.15) is 5.69 Å². The fourth-order valence-electron chi connectivity index (χ4n) is 3.49. The quantitative estimate of drug-likeness (QED) is 0.794. The van der Waals surface area contributed by atoms with Crippen molar-refractivity contribution in [3.8, 4) is 0 Å². The normalized spacial score (nSPS) is 19.7. The standard InChI is InChI=1S/C18H23N5O2/c1-25-12-14-10-22(17(24)8-15-4-2-3-7-19-15)11-16-18(14)23(21-20-16)9-13-5-6-13/h2-4,7,13-14H,5-6,8-12H2,1H3/t14-/m0/s1. The number of hydrogen-bond donors (Lipinski definition) is 0. The number of ether oxygens (including phenoxy) is 1. The van der Waals surface area contributed by atoms with Gasteiger partial charge < -0.3 is 9.64 Å². The van der Waals surface area contributed by atoms with Crippen LogP contribution >= 0.6 is 0 Å². The fourth-order valence-corrected chi connectivity index (χ4v) is 3.49. The Bertz CT molecular complexity index is 741. The molecule has 0 spiro atoms. The third kappa shape index (κ3) is 3.56. The van der Waals surface area contributed by atoms with Crippen molar-refractivity contribution in [3.63, 3.8) is 0 Å². The van der Waals surface area contributed by atoms with E-state index < -0.39 is 0 Å². The molecule has 7 heteroatoms. The van der Waals surface area contributed by atoms with Gasteiger partial charge in [-0.3, -0.25) is 9.78 Å². The second kappa shape index (κ2) is 6.92. The van der Waals surface area contributed by atoms with Gasteiger partial charge in [-0.2, -0.15) is 0 Å². The fraction of sp³-hybridized carbons (Fsp3) is 0.556. The van der Waals surface area contributed by atoms with Crippen LogP contribution in [0.4, 0.5) is 0 Å². The number of fused-ring (bicyclic) bond motifs is 1. The Kier molecular flexibility index (Phi) is 4.48. The number of hydrogen-bond acceptors (Lipinski definition) is 5. The SMILES string of the molecule is COC[C@@H]1CN(C(=O)Cc2ccccn2)Cc2nnn(CC3CC3)c21. The minimum absolute atomic E-state index is 0.0715. The summed E-state index contributed by atoms with van der Waals surface area (Å²) in [7, 11) is 1.70. The number of rotatable bonds is 6. The predicted molar refractivity (Wildman–Crippen MR) is 90.7 cm³/mol. The van der Waals surface area contributed by atoms with Crippen LogP contribution in [0, 0.1) is 5.92 Å². The number of carbonyl (C=O) groups is 1. The topological polar surface area (TPSA) is 73.1 Å². The van der Waals surface area contributed by atoms with Crippen molar-refractivity contribution >= 4 is 5.91 Å². The Morgan fingerprint density at radius 2 is 2.24 bits per heavy atom. The average molecular weight is 341 g/mol. The second-order valence-corrected chi connectivity index (χ2v) is 6.97. The molecule has 0 saturated heterocycles. The number of nitrogens with zero attached hydrogens (tertiary/aromatic N) is 5. The zero-order valence-corrected chi connectivity index (χ0v) is 14.5. The molecule has 1 aliphatic heterocycles. The molecule has 3 heterocycles. The van der Waals surface area contributed by atoms with Crippen LogP contribution in [0.2, 0.25) is 0 Å². The molecule has 132 valence electrons. The first-order valence-corrected chi connectivity index (χ1v) is 8.83. The first kappa shape index (κ1) is 16.2. The van der Waals surface area contributed by atoms with Crippen LogP contribution in [0.15, 0.2) is 24.4 Å². The third-order valence-electron chi connectivity index (χ3n) is 4.92. The molecule has 1 aliphatic carbocycles. The zero-order chi connectivity index (χ0) is 17.2. The maximum absolute atomic E-state index is 12.7. The van der Waals surface area contributed by atoms with Crippen molar-refractivity contribution in [2.45, 2.75) is 38.3 Å². The Labute approximate surface area is 147 Å². The number of methoxy groups -OCH3 is 1. The molecule has 2 aliphatic rings. The highest BCUT2D eigenvalue weighted by molar-refractivity contribution is 5.78. The van der Waals surface area contributed by atoms with Gasteiger partial charge in [-0.1, -0.05) is 11.3 Å². The molecular formula is C18H23N5O2. The van der Waals surface area contributed by atoms with Crippen LogP contribution in [-0.2, 0) is 29.0 Å². The summed E-state index contributed by atoms with van der Waals surface area (Å²) in [6.07, 6.45) is 4.58. The molecule has 4 rings (SSSR count). The van der Waals surface area contributed by atoms with Crippen LogP contribution in [0.1, 0.15) is 35.8 Å². The lowest BCUT2D eigenvalue weighted by Gasteiger charge is -2.32. The Morgan fingerprint density at radius 1 is 1.36 bits per heavy atom. The van der Waals surface area contributed by atoms with Crippen molar-refractivity contribution in [1.82, 2.24) is 24.9 Å². The van der Waals surface area contributed by atoms with Gasteiger partial charge in [0, 0.05) is 38.0 Å². The minimum Gasteiger partial charge on any atom is -0.384 e. The number of aromatic nitrogens is 4. The Hall–Kier alpha value is -2.28. The molecule has 2 aromatic rings. The molecule has 1 fully saturated rings. The van der Waals surface area contributed by atoms with Crippen LogP contribution in [0.3, 0.4) is 0 Å². The monoisotopic (exact) mass is 341 g/mol. The van der Waals surface area contributed by atoms with Gasteiger partial charge in [-0.05, 0) is 30.9 Å². The molecule has 1 amide bonds. The van der Waals surface area contributed by atoms with Crippen LogP contribution in [0.5, 0.6) is 0 Å². The van der Waals surface area contributed by atoms with Crippen molar-refractivity contribution in [3.05, 3.63) is 41.5 Å². The van der Waals surface area contributed by atoms with Gasteiger partial charge in [-0.15, -0.1) is 5.10 Å². The van der Waals surface area contributed by atoms with E-state index >= 15 is 0 Å². The molecule has 0 unspecified atom stereocenters. The molecule has 2 aromatic heterocycles. The summed E-state index contributed by atoms with van der Waals surface area (Å²) in [5.41, 5.74) is 2.85. The lowest BCUT2D eigenvalue weighted by molar-refractivity contribution is -0.132. The summed E-state index contributed by atoms with van der Waals surface area (Å²) in [6.45, 7) is 2.67.